The van der Waals surface area contributed by atoms with Gasteiger partial charge in [0, 0.05) is 32.3 Å². The Bertz CT molecular complexity index is 951. The van der Waals surface area contributed by atoms with E-state index >= 15 is 0 Å². The molecule has 9 nitrogen and oxygen atoms in total. The monoisotopic (exact) mass is 462 g/mol. The van der Waals surface area contributed by atoms with Crippen LogP contribution in [-0.4, -0.2) is 54.0 Å². The summed E-state index contributed by atoms with van der Waals surface area (Å²) in [6, 6.07) is 1.78. The van der Waals surface area contributed by atoms with Gasteiger partial charge in [0.25, 0.3) is 0 Å². The molecule has 9 heteroatoms. The first-order chi connectivity index (χ1) is 15.6. The van der Waals surface area contributed by atoms with E-state index in [9.17, 15) is 19.5 Å². The van der Waals surface area contributed by atoms with Crippen LogP contribution in [0, 0.1) is 22.7 Å². The van der Waals surface area contributed by atoms with Gasteiger partial charge in [0.05, 0.1) is 36.1 Å². The number of aliphatic hydroxyl groups is 1. The van der Waals surface area contributed by atoms with E-state index in [2.05, 4.69) is 0 Å². The molecule has 2 aliphatic carbocycles. The summed E-state index contributed by atoms with van der Waals surface area (Å²) in [5.41, 5.74) is -2.00. The topological polar surface area (TPSA) is 125 Å². The molecule has 5 rings (SSSR count). The highest BCUT2D eigenvalue weighted by Crippen LogP contribution is 2.71. The molecule has 1 aromatic heterocycles. The smallest absolute Gasteiger partial charge is 0.313 e. The second-order valence-electron chi connectivity index (χ2n) is 10.2. The van der Waals surface area contributed by atoms with Crippen LogP contribution in [0.3, 0.4) is 0 Å². The van der Waals surface area contributed by atoms with E-state index in [1.807, 2.05) is 6.92 Å². The molecular formula is C24H30O9. The Labute approximate surface area is 191 Å². The van der Waals surface area contributed by atoms with Crippen molar-refractivity contribution in [2.45, 2.75) is 70.4 Å². The zero-order valence-electron chi connectivity index (χ0n) is 19.1. The third-order valence-electron chi connectivity index (χ3n) is 8.57. The Hall–Kier alpha value is -2.39. The average Bonchev–Trinajstić information content (AvgIpc) is 3.16. The Morgan fingerprint density at radius 1 is 1.21 bits per heavy atom. The highest BCUT2D eigenvalue weighted by Gasteiger charge is 2.79. The van der Waals surface area contributed by atoms with Gasteiger partial charge >= 0.3 is 17.9 Å². The lowest BCUT2D eigenvalue weighted by atomic mass is 9.42. The summed E-state index contributed by atoms with van der Waals surface area (Å²) in [5.74, 6) is -1.94. The first-order valence-corrected chi connectivity index (χ1v) is 11.5. The Kier molecular flexibility index (Phi) is 5.13. The summed E-state index contributed by atoms with van der Waals surface area (Å²) in [6.07, 6.45) is 2.71. The van der Waals surface area contributed by atoms with Crippen molar-refractivity contribution in [1.29, 1.82) is 0 Å². The van der Waals surface area contributed by atoms with Crippen LogP contribution in [0.5, 0.6) is 0 Å². The summed E-state index contributed by atoms with van der Waals surface area (Å²) in [5, 5.41) is 10.9. The predicted octanol–water partition coefficient (Wildman–Crippen LogP) is 2.31. The fourth-order valence-corrected chi connectivity index (χ4v) is 7.10. The zero-order chi connectivity index (χ0) is 23.6. The van der Waals surface area contributed by atoms with Crippen LogP contribution in [0.1, 0.15) is 58.1 Å². The van der Waals surface area contributed by atoms with E-state index < -0.39 is 52.6 Å². The standard InChI is InChI=1S/C24H30O9/c1-13-6-20(32-15(3)26)24(12-30-14(2)25)19(7-17(27)8-22(24)11-31-22)23(13)9-18(33-21(23)28)16-4-5-29-10-16/h4-5,10,13,17-20,27H,6-9,11-12H2,1-3H3/t13-,17+,18-,19-,20+,22+,23-,24+/m1/s1. The number of hydrogen-bond donors (Lipinski definition) is 1. The third-order valence-corrected chi connectivity index (χ3v) is 8.57. The van der Waals surface area contributed by atoms with Crippen LogP contribution >= 0.6 is 0 Å². The Morgan fingerprint density at radius 2 is 1.97 bits per heavy atom. The van der Waals surface area contributed by atoms with E-state index in [1.165, 1.54) is 20.1 Å². The number of cyclic esters (lactones) is 1. The summed E-state index contributed by atoms with van der Waals surface area (Å²) >= 11 is 0. The quantitative estimate of drug-likeness (QED) is 0.408. The molecule has 0 amide bonds. The number of furan rings is 1. The van der Waals surface area contributed by atoms with Gasteiger partial charge in [-0.1, -0.05) is 6.92 Å². The van der Waals surface area contributed by atoms with E-state index in [0.29, 0.717) is 32.3 Å². The summed E-state index contributed by atoms with van der Waals surface area (Å²) in [6.45, 7) is 4.91. The maximum atomic E-state index is 13.7. The van der Waals surface area contributed by atoms with Crippen LogP contribution in [0.15, 0.2) is 23.0 Å². The molecule has 0 bridgehead atoms. The molecule has 33 heavy (non-hydrogen) atoms. The van der Waals surface area contributed by atoms with Crippen LogP contribution in [0.4, 0.5) is 0 Å². The summed E-state index contributed by atoms with van der Waals surface area (Å²) in [7, 11) is 0. The molecule has 0 radical (unpaired) electrons. The first-order valence-electron chi connectivity index (χ1n) is 11.5. The maximum Gasteiger partial charge on any atom is 0.313 e. The Morgan fingerprint density at radius 3 is 2.58 bits per heavy atom. The number of esters is 3. The number of aliphatic hydroxyl groups excluding tert-OH is 1. The molecule has 4 aliphatic rings. The lowest BCUT2D eigenvalue weighted by Crippen LogP contribution is -2.70. The second kappa shape index (κ2) is 7.56. The van der Waals surface area contributed by atoms with Crippen LogP contribution in [-0.2, 0) is 33.3 Å². The molecule has 2 aliphatic heterocycles. The fourth-order valence-electron chi connectivity index (χ4n) is 7.10. The SMILES string of the molecule is CC(=O)OC[C@@]12[C@@H](OC(C)=O)C[C@@H](C)[C@]3(C[C@H](c4ccoc4)OC3=O)[C@H]1C[C@H](O)C[C@]21CO1. The normalized spacial score (nSPS) is 43.8. The van der Waals surface area contributed by atoms with Crippen LogP contribution in [0.2, 0.25) is 0 Å². The number of carbonyl (C=O) groups is 3. The van der Waals surface area contributed by atoms with Gasteiger partial charge in [0.2, 0.25) is 0 Å². The van der Waals surface area contributed by atoms with Crippen molar-refractivity contribution in [3.63, 3.8) is 0 Å². The van der Waals surface area contributed by atoms with Crippen molar-refractivity contribution < 1.29 is 42.9 Å². The van der Waals surface area contributed by atoms with Crippen molar-refractivity contribution in [1.82, 2.24) is 0 Å². The number of carbonyl (C=O) groups excluding carboxylic acids is 3. The number of ether oxygens (including phenoxy) is 4. The maximum absolute atomic E-state index is 13.7. The largest absolute Gasteiger partial charge is 0.472 e. The van der Waals surface area contributed by atoms with Gasteiger partial charge < -0.3 is 28.5 Å². The number of hydrogen-bond acceptors (Lipinski definition) is 9. The van der Waals surface area contributed by atoms with E-state index in [0.717, 1.165) is 5.56 Å². The van der Waals surface area contributed by atoms with Crippen LogP contribution < -0.4 is 0 Å². The van der Waals surface area contributed by atoms with E-state index in [1.54, 1.807) is 12.3 Å². The molecule has 2 saturated carbocycles. The summed E-state index contributed by atoms with van der Waals surface area (Å²) in [4.78, 5) is 37.7. The van der Waals surface area contributed by atoms with Crippen molar-refractivity contribution in [3.8, 4) is 0 Å². The minimum Gasteiger partial charge on any atom is -0.472 e. The minimum atomic E-state index is -0.972. The van der Waals surface area contributed by atoms with Crippen molar-refractivity contribution in [3.05, 3.63) is 24.2 Å². The average molecular weight is 462 g/mol. The molecule has 4 fully saturated rings. The third kappa shape index (κ3) is 3.15. The molecule has 1 aromatic rings. The second-order valence-corrected chi connectivity index (χ2v) is 10.2. The highest BCUT2D eigenvalue weighted by molar-refractivity contribution is 5.81. The van der Waals surface area contributed by atoms with Gasteiger partial charge in [-0.05, 0) is 30.7 Å². The lowest BCUT2D eigenvalue weighted by Gasteiger charge is -2.61. The summed E-state index contributed by atoms with van der Waals surface area (Å²) < 4.78 is 28.5. The molecule has 0 unspecified atom stereocenters. The predicted molar refractivity (Wildman–Crippen MR) is 110 cm³/mol. The van der Waals surface area contributed by atoms with Crippen molar-refractivity contribution in [2.75, 3.05) is 13.2 Å². The minimum absolute atomic E-state index is 0.0597. The van der Waals surface area contributed by atoms with Gasteiger partial charge in [-0.25, -0.2) is 0 Å². The van der Waals surface area contributed by atoms with Gasteiger partial charge in [-0.2, -0.15) is 0 Å². The molecular weight excluding hydrogens is 432 g/mol. The number of fused-ring (bicyclic) bond motifs is 3. The fraction of sp³-hybridized carbons (Fsp3) is 0.708. The zero-order valence-corrected chi connectivity index (χ0v) is 19.1. The molecule has 2 spiro atoms. The van der Waals surface area contributed by atoms with E-state index in [4.69, 9.17) is 23.4 Å². The molecule has 0 aromatic carbocycles. The van der Waals surface area contributed by atoms with Gasteiger partial charge in [-0.15, -0.1) is 0 Å². The number of epoxide rings is 1. The molecule has 2 saturated heterocycles. The highest BCUT2D eigenvalue weighted by atomic mass is 16.6. The Balaban J connectivity index is 1.64. The number of rotatable bonds is 4. The van der Waals surface area contributed by atoms with E-state index in [-0.39, 0.29) is 18.5 Å². The van der Waals surface area contributed by atoms with Gasteiger partial charge in [0.1, 0.15) is 24.4 Å². The molecule has 1 N–H and O–H groups in total. The van der Waals surface area contributed by atoms with Crippen LogP contribution in [0.25, 0.3) is 0 Å². The van der Waals surface area contributed by atoms with Crippen molar-refractivity contribution in [2.24, 2.45) is 22.7 Å². The molecule has 3 heterocycles. The van der Waals surface area contributed by atoms with Gasteiger partial charge in [0.15, 0.2) is 0 Å². The van der Waals surface area contributed by atoms with Gasteiger partial charge in [-0.3, -0.25) is 14.4 Å². The molecule has 8 atom stereocenters. The first kappa shape index (κ1) is 22.4. The lowest BCUT2D eigenvalue weighted by molar-refractivity contribution is -0.238. The van der Waals surface area contributed by atoms with Crippen molar-refractivity contribution >= 4 is 17.9 Å². The molecule has 180 valence electrons.